The van der Waals surface area contributed by atoms with Crippen molar-refractivity contribution < 1.29 is 14.8 Å². The lowest BCUT2D eigenvalue weighted by molar-refractivity contribution is -0.385. The molecule has 0 fully saturated rings. The van der Waals surface area contributed by atoms with Crippen LogP contribution >= 0.6 is 0 Å². The quantitative estimate of drug-likeness (QED) is 0.570. The summed E-state index contributed by atoms with van der Waals surface area (Å²) in [5, 5.41) is 32.0. The van der Waals surface area contributed by atoms with Crippen molar-refractivity contribution in [2.75, 3.05) is 0 Å². The number of rotatable bonds is 3. The van der Waals surface area contributed by atoms with Gasteiger partial charge in [-0.1, -0.05) is 18.2 Å². The molecule has 9 heteroatoms. The Balaban J connectivity index is 2.26. The van der Waals surface area contributed by atoms with Crippen LogP contribution in [0, 0.1) is 10.1 Å². The first-order chi connectivity index (χ1) is 10.1. The third-order valence-corrected chi connectivity index (χ3v) is 2.87. The van der Waals surface area contributed by atoms with Gasteiger partial charge in [0.1, 0.15) is 6.20 Å². The molecule has 1 N–H and O–H groups in total. The smallest absolute Gasteiger partial charge is 0.363 e. The summed E-state index contributed by atoms with van der Waals surface area (Å²) in [4.78, 5) is 21.1. The van der Waals surface area contributed by atoms with Gasteiger partial charge in [-0.3, -0.25) is 10.1 Å². The van der Waals surface area contributed by atoms with Crippen LogP contribution in [0.2, 0.25) is 0 Å². The molecule has 0 aliphatic rings. The fraction of sp³-hybridized carbons (Fsp3) is 0. The largest absolute Gasteiger partial charge is 0.476 e. The minimum absolute atomic E-state index is 0.413. The minimum atomic E-state index is -1.47. The van der Waals surface area contributed by atoms with E-state index in [1.54, 1.807) is 24.3 Å². The summed E-state index contributed by atoms with van der Waals surface area (Å²) in [6, 6.07) is 7.01. The van der Waals surface area contributed by atoms with E-state index in [1.165, 1.54) is 6.20 Å². The Kier molecular flexibility index (Phi) is 2.79. The van der Waals surface area contributed by atoms with Crippen molar-refractivity contribution in [3.8, 4) is 5.69 Å². The fourth-order valence-electron chi connectivity index (χ4n) is 1.95. The molecule has 0 saturated carbocycles. The van der Waals surface area contributed by atoms with E-state index in [0.29, 0.717) is 16.6 Å². The number of hydrogen-bond acceptors (Lipinski definition) is 6. The monoisotopic (exact) mass is 285 g/mol. The van der Waals surface area contributed by atoms with Crippen LogP contribution in [0.15, 0.2) is 36.7 Å². The highest BCUT2D eigenvalue weighted by Crippen LogP contribution is 2.23. The van der Waals surface area contributed by atoms with E-state index >= 15 is 0 Å². The molecule has 0 bridgehead atoms. The molecule has 0 atom stereocenters. The number of carboxylic acids is 1. The van der Waals surface area contributed by atoms with Crippen molar-refractivity contribution >= 4 is 22.6 Å². The number of benzene rings is 1. The van der Waals surface area contributed by atoms with E-state index in [9.17, 15) is 14.9 Å². The van der Waals surface area contributed by atoms with E-state index in [-0.39, 0.29) is 0 Å². The Morgan fingerprint density at radius 2 is 2.10 bits per heavy atom. The molecule has 0 spiro atoms. The predicted molar refractivity (Wildman–Crippen MR) is 70.3 cm³/mol. The molecule has 21 heavy (non-hydrogen) atoms. The second kappa shape index (κ2) is 4.63. The van der Waals surface area contributed by atoms with Gasteiger partial charge in [-0.15, -0.1) is 0 Å². The predicted octanol–water partition coefficient (Wildman–Crippen LogP) is 1.42. The molecule has 0 aliphatic carbocycles. The van der Waals surface area contributed by atoms with Crippen LogP contribution in [0.25, 0.3) is 16.6 Å². The molecule has 104 valence electrons. The van der Waals surface area contributed by atoms with Gasteiger partial charge in [0, 0.05) is 5.39 Å². The average Bonchev–Trinajstić information content (AvgIpc) is 2.92. The SMILES string of the molecule is O=C(O)c1nn(-c2cnnc3ccccc23)cc1[N+](=O)[O-]. The van der Waals surface area contributed by atoms with Gasteiger partial charge >= 0.3 is 11.7 Å². The highest BCUT2D eigenvalue weighted by atomic mass is 16.6. The Morgan fingerprint density at radius 1 is 1.33 bits per heavy atom. The lowest BCUT2D eigenvalue weighted by atomic mass is 10.2. The van der Waals surface area contributed by atoms with Crippen LogP contribution in [0.1, 0.15) is 10.5 Å². The zero-order valence-corrected chi connectivity index (χ0v) is 10.4. The maximum Gasteiger partial charge on any atom is 0.363 e. The molecule has 2 heterocycles. The van der Waals surface area contributed by atoms with Gasteiger partial charge in [0.15, 0.2) is 0 Å². The molecule has 1 aromatic carbocycles. The molecule has 2 aromatic heterocycles. The second-order valence-corrected chi connectivity index (χ2v) is 4.12. The summed E-state index contributed by atoms with van der Waals surface area (Å²) < 4.78 is 1.12. The molecule has 0 unspecified atom stereocenters. The standard InChI is InChI=1S/C12H7N5O4/c18-12(19)11-10(17(20)21)6-16(15-11)9-5-13-14-8-4-2-1-3-7(8)9/h1-6H,(H,18,19). The van der Waals surface area contributed by atoms with E-state index in [4.69, 9.17) is 5.11 Å². The Labute approximate surface area is 116 Å². The van der Waals surface area contributed by atoms with E-state index < -0.39 is 22.3 Å². The summed E-state index contributed by atoms with van der Waals surface area (Å²) in [6.45, 7) is 0. The molecule has 9 nitrogen and oxygen atoms in total. The first kappa shape index (κ1) is 12.7. The zero-order valence-electron chi connectivity index (χ0n) is 10.4. The van der Waals surface area contributed by atoms with Crippen LogP contribution < -0.4 is 0 Å². The third-order valence-electron chi connectivity index (χ3n) is 2.87. The maximum absolute atomic E-state index is 11.0. The lowest BCUT2D eigenvalue weighted by Gasteiger charge is -2.03. The molecule has 0 aliphatic heterocycles. The third kappa shape index (κ3) is 2.06. The van der Waals surface area contributed by atoms with Gasteiger partial charge in [0.2, 0.25) is 5.69 Å². The van der Waals surface area contributed by atoms with Gasteiger partial charge in [0.05, 0.1) is 22.3 Å². The highest BCUT2D eigenvalue weighted by Gasteiger charge is 2.26. The van der Waals surface area contributed by atoms with Crippen molar-refractivity contribution in [2.24, 2.45) is 0 Å². The highest BCUT2D eigenvalue weighted by molar-refractivity contribution is 5.91. The number of nitro groups is 1. The van der Waals surface area contributed by atoms with Gasteiger partial charge in [-0.05, 0) is 6.07 Å². The molecule has 0 amide bonds. The number of fused-ring (bicyclic) bond motifs is 1. The fourth-order valence-corrected chi connectivity index (χ4v) is 1.95. The number of carbonyl (C=O) groups is 1. The topological polar surface area (TPSA) is 124 Å². The minimum Gasteiger partial charge on any atom is -0.476 e. The van der Waals surface area contributed by atoms with Crippen molar-refractivity contribution in [1.82, 2.24) is 20.0 Å². The molecular weight excluding hydrogens is 278 g/mol. The molecule has 3 aromatic rings. The number of carboxylic acid groups (broad SMARTS) is 1. The molecule has 0 radical (unpaired) electrons. The number of aromatic nitrogens is 4. The Morgan fingerprint density at radius 3 is 2.76 bits per heavy atom. The van der Waals surface area contributed by atoms with Crippen LogP contribution in [0.3, 0.4) is 0 Å². The summed E-state index contributed by atoms with van der Waals surface area (Å²) in [7, 11) is 0. The number of hydrogen-bond donors (Lipinski definition) is 1. The molecular formula is C12H7N5O4. The zero-order chi connectivity index (χ0) is 15.0. The van der Waals surface area contributed by atoms with Crippen LogP contribution in [-0.4, -0.2) is 36.0 Å². The van der Waals surface area contributed by atoms with Gasteiger partial charge in [-0.2, -0.15) is 15.3 Å². The van der Waals surface area contributed by atoms with Crippen molar-refractivity contribution in [1.29, 1.82) is 0 Å². The number of aromatic carboxylic acids is 1. The van der Waals surface area contributed by atoms with E-state index in [2.05, 4.69) is 15.3 Å². The first-order valence-electron chi connectivity index (χ1n) is 5.76. The Bertz CT molecular complexity index is 836. The van der Waals surface area contributed by atoms with Gasteiger partial charge < -0.3 is 5.11 Å². The lowest BCUT2D eigenvalue weighted by Crippen LogP contribution is -2.03. The summed E-state index contributed by atoms with van der Waals surface area (Å²) in [6.07, 6.45) is 2.41. The summed E-state index contributed by atoms with van der Waals surface area (Å²) in [5.41, 5.74) is -0.217. The Hall–Kier alpha value is -3.36. The second-order valence-electron chi connectivity index (χ2n) is 4.12. The van der Waals surface area contributed by atoms with Gasteiger partial charge in [-0.25, -0.2) is 9.48 Å². The maximum atomic E-state index is 11.0. The summed E-state index contributed by atoms with van der Waals surface area (Å²) in [5.74, 6) is -1.47. The van der Waals surface area contributed by atoms with Crippen molar-refractivity contribution in [2.45, 2.75) is 0 Å². The van der Waals surface area contributed by atoms with Crippen molar-refractivity contribution in [3.63, 3.8) is 0 Å². The van der Waals surface area contributed by atoms with Crippen molar-refractivity contribution in [3.05, 3.63) is 52.5 Å². The number of nitrogens with zero attached hydrogens (tertiary/aromatic N) is 5. The summed E-state index contributed by atoms with van der Waals surface area (Å²) >= 11 is 0. The van der Waals surface area contributed by atoms with Gasteiger partial charge in [0.25, 0.3) is 0 Å². The van der Waals surface area contributed by atoms with E-state index in [0.717, 1.165) is 10.9 Å². The molecule has 0 saturated heterocycles. The first-order valence-corrected chi connectivity index (χ1v) is 5.76. The van der Waals surface area contributed by atoms with E-state index in [1.807, 2.05) is 0 Å². The van der Waals surface area contributed by atoms with Crippen LogP contribution in [0.5, 0.6) is 0 Å². The normalized spacial score (nSPS) is 10.7. The van der Waals surface area contributed by atoms with Crippen LogP contribution in [0.4, 0.5) is 5.69 Å². The average molecular weight is 285 g/mol. The molecule has 3 rings (SSSR count). The van der Waals surface area contributed by atoms with Crippen LogP contribution in [-0.2, 0) is 0 Å².